The second-order valence-electron chi connectivity index (χ2n) is 8.07. The van der Waals surface area contributed by atoms with E-state index < -0.39 is 0 Å². The molecular weight excluding hydrogens is 396 g/mol. The van der Waals surface area contributed by atoms with Crippen molar-refractivity contribution in [2.24, 2.45) is 0 Å². The molecule has 1 aliphatic carbocycles. The number of urea groups is 1. The highest BCUT2D eigenvalue weighted by atomic mass is 32.1. The van der Waals surface area contributed by atoms with Crippen molar-refractivity contribution in [1.82, 2.24) is 15.6 Å². The maximum Gasteiger partial charge on any atom is 0.321 e. The van der Waals surface area contributed by atoms with Gasteiger partial charge >= 0.3 is 6.03 Å². The summed E-state index contributed by atoms with van der Waals surface area (Å²) in [5.74, 6) is 0.0353. The first kappa shape index (κ1) is 22.3. The Hall–Kier alpha value is -2.41. The number of amides is 3. The smallest absolute Gasteiger partial charge is 0.321 e. The molecule has 1 aliphatic rings. The van der Waals surface area contributed by atoms with Crippen molar-refractivity contribution >= 4 is 28.4 Å². The maximum atomic E-state index is 12.2. The van der Waals surface area contributed by atoms with Crippen LogP contribution in [0, 0.1) is 0 Å². The molecule has 30 heavy (non-hydrogen) atoms. The molecule has 3 amide bonds. The van der Waals surface area contributed by atoms with Crippen LogP contribution in [-0.4, -0.2) is 29.0 Å². The minimum Gasteiger partial charge on any atom is -0.354 e. The van der Waals surface area contributed by atoms with Crippen LogP contribution in [0.1, 0.15) is 63.1 Å². The zero-order valence-corrected chi connectivity index (χ0v) is 18.5. The summed E-state index contributed by atoms with van der Waals surface area (Å²) in [6.07, 6.45) is 8.55. The average Bonchev–Trinajstić information content (AvgIpc) is 3.19. The van der Waals surface area contributed by atoms with Gasteiger partial charge in [0.25, 0.3) is 0 Å². The van der Waals surface area contributed by atoms with Crippen molar-refractivity contribution < 1.29 is 9.59 Å². The third-order valence-electron chi connectivity index (χ3n) is 5.44. The minimum atomic E-state index is -0.187. The lowest BCUT2D eigenvalue weighted by atomic mass is 9.96. The van der Waals surface area contributed by atoms with E-state index in [-0.39, 0.29) is 24.0 Å². The Morgan fingerprint density at radius 3 is 2.67 bits per heavy atom. The van der Waals surface area contributed by atoms with Crippen LogP contribution >= 0.6 is 11.3 Å². The molecule has 1 atom stereocenters. The van der Waals surface area contributed by atoms with Crippen LogP contribution in [0.25, 0.3) is 0 Å². The van der Waals surface area contributed by atoms with Crippen molar-refractivity contribution in [2.45, 2.75) is 76.8 Å². The number of aryl methyl sites for hydroxylation is 2. The molecule has 0 saturated heterocycles. The fraction of sp³-hybridized carbons (Fsp3) is 0.522. The standard InChI is InChI=1S/C23H32N4O2S/c1-17(12-13-18-8-4-2-5-9-18)24-21(28)15-14-20-16-30-23(26-20)27-22(29)25-19-10-6-3-7-11-19/h2,4-5,8-9,16-17,19H,3,6-7,10-15H2,1H3,(H,24,28)(H2,25,26,27,29)/t17-/m1/s1. The number of nitrogens with one attached hydrogen (secondary N) is 3. The largest absolute Gasteiger partial charge is 0.354 e. The summed E-state index contributed by atoms with van der Waals surface area (Å²) >= 11 is 1.40. The Balaban J connectivity index is 1.33. The zero-order chi connectivity index (χ0) is 21.2. The number of anilines is 1. The van der Waals surface area contributed by atoms with Gasteiger partial charge in [-0.2, -0.15) is 0 Å². The molecule has 1 fully saturated rings. The van der Waals surface area contributed by atoms with Gasteiger partial charge in [-0.1, -0.05) is 49.6 Å². The highest BCUT2D eigenvalue weighted by Crippen LogP contribution is 2.19. The van der Waals surface area contributed by atoms with Crippen LogP contribution in [-0.2, 0) is 17.6 Å². The number of aromatic nitrogens is 1. The van der Waals surface area contributed by atoms with Gasteiger partial charge in [0.2, 0.25) is 5.91 Å². The Morgan fingerprint density at radius 1 is 1.13 bits per heavy atom. The number of thiazole rings is 1. The number of nitrogens with zero attached hydrogens (tertiary/aromatic N) is 1. The first-order valence-electron chi connectivity index (χ1n) is 10.9. The normalized spacial score (nSPS) is 15.4. The summed E-state index contributed by atoms with van der Waals surface area (Å²) in [6.45, 7) is 2.04. The van der Waals surface area contributed by atoms with Gasteiger partial charge in [-0.25, -0.2) is 9.78 Å². The lowest BCUT2D eigenvalue weighted by Crippen LogP contribution is -2.39. The quantitative estimate of drug-likeness (QED) is 0.543. The van der Waals surface area contributed by atoms with Crippen LogP contribution in [0.2, 0.25) is 0 Å². The molecule has 0 aliphatic heterocycles. The van der Waals surface area contributed by atoms with Gasteiger partial charge in [0.05, 0.1) is 5.69 Å². The molecule has 1 aromatic carbocycles. The van der Waals surface area contributed by atoms with Crippen LogP contribution in [0.15, 0.2) is 35.7 Å². The summed E-state index contributed by atoms with van der Waals surface area (Å²) < 4.78 is 0. The molecule has 2 aromatic rings. The number of rotatable bonds is 9. The maximum absolute atomic E-state index is 12.2. The molecule has 0 unspecified atom stereocenters. The summed E-state index contributed by atoms with van der Waals surface area (Å²) in [4.78, 5) is 28.8. The van der Waals surface area contributed by atoms with E-state index in [9.17, 15) is 9.59 Å². The lowest BCUT2D eigenvalue weighted by molar-refractivity contribution is -0.121. The fourth-order valence-corrected chi connectivity index (χ4v) is 4.47. The van der Waals surface area contributed by atoms with Crippen molar-refractivity contribution in [2.75, 3.05) is 5.32 Å². The molecule has 162 valence electrons. The van der Waals surface area contributed by atoms with Gasteiger partial charge < -0.3 is 10.6 Å². The predicted octanol–water partition coefficient (Wildman–Crippen LogP) is 4.67. The molecule has 1 aromatic heterocycles. The zero-order valence-electron chi connectivity index (χ0n) is 17.7. The highest BCUT2D eigenvalue weighted by Gasteiger charge is 2.16. The number of carbonyl (C=O) groups excluding carboxylic acids is 2. The third-order valence-corrected chi connectivity index (χ3v) is 6.24. The first-order chi connectivity index (χ1) is 14.6. The average molecular weight is 429 g/mol. The van der Waals surface area contributed by atoms with Gasteiger partial charge in [-0.3, -0.25) is 10.1 Å². The van der Waals surface area contributed by atoms with Gasteiger partial charge in [0.15, 0.2) is 5.13 Å². The fourth-order valence-electron chi connectivity index (χ4n) is 3.73. The van der Waals surface area contributed by atoms with E-state index in [0.717, 1.165) is 31.4 Å². The molecule has 7 heteroatoms. The van der Waals surface area contributed by atoms with E-state index in [1.807, 2.05) is 30.5 Å². The van der Waals surface area contributed by atoms with E-state index >= 15 is 0 Å². The SMILES string of the molecule is C[C@H](CCc1ccccc1)NC(=O)CCc1csc(NC(=O)NC2CCCCC2)n1. The highest BCUT2D eigenvalue weighted by molar-refractivity contribution is 7.13. The molecule has 0 radical (unpaired) electrons. The van der Waals surface area contributed by atoms with Crippen LogP contribution in [0.3, 0.4) is 0 Å². The molecule has 6 nitrogen and oxygen atoms in total. The van der Waals surface area contributed by atoms with Crippen LogP contribution in [0.5, 0.6) is 0 Å². The Labute approximate surface area is 182 Å². The van der Waals surface area contributed by atoms with Gasteiger partial charge in [0.1, 0.15) is 0 Å². The Morgan fingerprint density at radius 2 is 1.90 bits per heavy atom. The molecule has 1 saturated carbocycles. The molecule has 1 heterocycles. The van der Waals surface area contributed by atoms with E-state index in [4.69, 9.17) is 0 Å². The molecule has 3 rings (SSSR count). The molecular formula is C23H32N4O2S. The van der Waals surface area contributed by atoms with Crippen molar-refractivity contribution in [3.05, 3.63) is 47.0 Å². The summed E-state index contributed by atoms with van der Waals surface area (Å²) in [5.41, 5.74) is 2.12. The Kier molecular flexibility index (Phi) is 8.68. The van der Waals surface area contributed by atoms with Crippen molar-refractivity contribution in [3.63, 3.8) is 0 Å². The Bertz CT molecular complexity index is 803. The monoisotopic (exact) mass is 428 g/mol. The van der Waals surface area contributed by atoms with E-state index in [0.29, 0.717) is 18.0 Å². The van der Waals surface area contributed by atoms with Crippen molar-refractivity contribution in [1.29, 1.82) is 0 Å². The van der Waals surface area contributed by atoms with Crippen LogP contribution < -0.4 is 16.0 Å². The van der Waals surface area contributed by atoms with E-state index in [1.54, 1.807) is 0 Å². The molecule has 3 N–H and O–H groups in total. The van der Waals surface area contributed by atoms with Gasteiger partial charge in [-0.15, -0.1) is 11.3 Å². The third kappa shape index (κ3) is 7.78. The number of benzene rings is 1. The van der Waals surface area contributed by atoms with E-state index in [1.165, 1.54) is 36.2 Å². The lowest BCUT2D eigenvalue weighted by Gasteiger charge is -2.22. The summed E-state index contributed by atoms with van der Waals surface area (Å²) in [6, 6.07) is 10.5. The molecule has 0 bridgehead atoms. The van der Waals surface area contributed by atoms with E-state index in [2.05, 4.69) is 33.1 Å². The van der Waals surface area contributed by atoms with Gasteiger partial charge in [-0.05, 0) is 44.6 Å². The van der Waals surface area contributed by atoms with Crippen LogP contribution in [0.4, 0.5) is 9.93 Å². The number of hydrogen-bond donors (Lipinski definition) is 3. The minimum absolute atomic E-state index is 0.0353. The predicted molar refractivity (Wildman–Crippen MR) is 122 cm³/mol. The topological polar surface area (TPSA) is 83.1 Å². The number of carbonyl (C=O) groups is 2. The number of hydrogen-bond acceptors (Lipinski definition) is 4. The second kappa shape index (κ2) is 11.7. The summed E-state index contributed by atoms with van der Waals surface area (Å²) in [7, 11) is 0. The summed E-state index contributed by atoms with van der Waals surface area (Å²) in [5, 5.41) is 11.4. The van der Waals surface area contributed by atoms with Crippen molar-refractivity contribution in [3.8, 4) is 0 Å². The second-order valence-corrected chi connectivity index (χ2v) is 8.93. The van der Waals surface area contributed by atoms with Gasteiger partial charge in [0, 0.05) is 23.9 Å². The first-order valence-corrected chi connectivity index (χ1v) is 11.8. The molecule has 0 spiro atoms.